The molecule has 2 atom stereocenters. The van der Waals surface area contributed by atoms with Gasteiger partial charge in [-0.1, -0.05) is 69.2 Å². The first kappa shape index (κ1) is 23.2. The molecule has 0 amide bonds. The highest BCUT2D eigenvalue weighted by molar-refractivity contribution is 6.61. The highest BCUT2D eigenvalue weighted by Crippen LogP contribution is 2.77. The van der Waals surface area contributed by atoms with Gasteiger partial charge >= 0.3 is 9.28 Å². The molecule has 0 aromatic carbocycles. The van der Waals surface area contributed by atoms with Crippen molar-refractivity contribution in [1.82, 2.24) is 0 Å². The van der Waals surface area contributed by atoms with Crippen LogP contribution in [0.3, 0.4) is 0 Å². The Morgan fingerprint density at radius 1 is 0.615 bits per heavy atom. The minimum Gasteiger partial charge on any atom is -0.425 e. The maximum atomic E-state index is 6.48. The highest BCUT2D eigenvalue weighted by Gasteiger charge is 2.71. The fourth-order valence-corrected chi connectivity index (χ4v) is 18.6. The molecule has 2 aliphatic rings. The molecule has 0 bridgehead atoms. The summed E-state index contributed by atoms with van der Waals surface area (Å²) in [6, 6.07) is 0. The first-order chi connectivity index (χ1) is 11.8. The fourth-order valence-electron chi connectivity index (χ4n) is 5.42. The molecule has 1 saturated heterocycles. The quantitative estimate of drug-likeness (QED) is 0.551. The monoisotopic (exact) mass is 452 g/mol. The van der Waals surface area contributed by atoms with Crippen LogP contribution in [0.2, 0.25) is 5.04 Å². The normalized spacial score (nSPS) is 43.6. The van der Waals surface area contributed by atoms with E-state index in [0.717, 1.165) is 0 Å². The van der Waals surface area contributed by atoms with Crippen molar-refractivity contribution in [3.8, 4) is 0 Å². The summed E-state index contributed by atoms with van der Waals surface area (Å²) in [5.74, 6) is 0.473. The van der Waals surface area contributed by atoms with Crippen LogP contribution in [-0.2, 0) is 20.6 Å². The molecule has 0 spiro atoms. The summed E-state index contributed by atoms with van der Waals surface area (Å²) in [5.41, 5.74) is 0.528. The summed E-state index contributed by atoms with van der Waals surface area (Å²) >= 11 is 0. The van der Waals surface area contributed by atoms with Crippen LogP contribution in [0.25, 0.3) is 0 Å². The topological polar surface area (TPSA) is 46.2 Å². The molecular weight excluding hydrogens is 413 g/mol. The van der Waals surface area contributed by atoms with Gasteiger partial charge in [0, 0.05) is 5.04 Å². The van der Waals surface area contributed by atoms with Crippen molar-refractivity contribution in [2.75, 3.05) is 0 Å². The summed E-state index contributed by atoms with van der Waals surface area (Å²) < 4.78 is 30.1. The highest BCUT2D eigenvalue weighted by atomic mass is 28.4. The molecule has 0 radical (unpaired) electrons. The Morgan fingerprint density at radius 2 is 1.04 bits per heavy atom. The van der Waals surface area contributed by atoms with E-state index in [-0.39, 0.29) is 26.7 Å². The second-order valence-corrected chi connectivity index (χ2v) is 20.7. The third-order valence-corrected chi connectivity index (χ3v) is 19.2. The van der Waals surface area contributed by atoms with Gasteiger partial charge in [0.25, 0.3) is 40.0 Å². The molecule has 5 nitrogen and oxygen atoms in total. The van der Waals surface area contributed by atoms with E-state index in [1.165, 1.54) is 0 Å². The Kier molecular flexibility index (Phi) is 6.78. The van der Waals surface area contributed by atoms with Gasteiger partial charge in [-0.25, -0.2) is 0 Å². The van der Waals surface area contributed by atoms with Crippen LogP contribution < -0.4 is 0 Å². The SMILES string of the molecule is CC1C(C)(C)C(C)(C)C(C)(C)C(C)(C)C1(C)[SiH]1O[SiH2]O[SiH2]O[SiH2]O[SiH2]O1. The van der Waals surface area contributed by atoms with Crippen LogP contribution >= 0.6 is 0 Å². The van der Waals surface area contributed by atoms with E-state index in [2.05, 4.69) is 69.2 Å². The summed E-state index contributed by atoms with van der Waals surface area (Å²) in [6.45, 7) is 24.4. The molecular formula is C16H40O5Si5. The van der Waals surface area contributed by atoms with Crippen molar-refractivity contribution in [1.29, 1.82) is 0 Å². The molecule has 10 heteroatoms. The van der Waals surface area contributed by atoms with E-state index in [9.17, 15) is 0 Å². The fraction of sp³-hybridized carbons (Fsp3) is 1.00. The summed E-state index contributed by atoms with van der Waals surface area (Å²) in [5, 5.41) is -0.00853. The van der Waals surface area contributed by atoms with Gasteiger partial charge in [-0.05, 0) is 27.6 Å². The van der Waals surface area contributed by atoms with E-state index in [0.29, 0.717) is 5.92 Å². The lowest BCUT2D eigenvalue weighted by Gasteiger charge is -2.73. The zero-order chi connectivity index (χ0) is 20.0. The van der Waals surface area contributed by atoms with Crippen LogP contribution in [0, 0.1) is 27.6 Å². The minimum atomic E-state index is -1.99. The standard InChI is InChI=1S/C16H40O5Si5/c1-11-12(2,3)13(4,5)14(6,7)15(8,9)16(11,10)26-20-24-18-22-17-23-19-25-21-26/h11,26H,22-25H2,1-10H3. The Morgan fingerprint density at radius 3 is 1.50 bits per heavy atom. The minimum absolute atomic E-state index is 0.00853. The lowest BCUT2D eigenvalue weighted by molar-refractivity contribution is -0.202. The van der Waals surface area contributed by atoms with Crippen LogP contribution in [0.4, 0.5) is 0 Å². The van der Waals surface area contributed by atoms with Gasteiger partial charge in [-0.3, -0.25) is 0 Å². The molecule has 2 rings (SSSR count). The van der Waals surface area contributed by atoms with Gasteiger partial charge in [0.05, 0.1) is 0 Å². The molecule has 1 heterocycles. The number of hydrogen-bond acceptors (Lipinski definition) is 5. The van der Waals surface area contributed by atoms with Crippen LogP contribution in [0.5, 0.6) is 0 Å². The predicted molar refractivity (Wildman–Crippen MR) is 119 cm³/mol. The molecule has 0 aromatic heterocycles. The van der Waals surface area contributed by atoms with Crippen molar-refractivity contribution in [3.05, 3.63) is 0 Å². The van der Waals surface area contributed by atoms with Gasteiger partial charge in [-0.2, -0.15) is 0 Å². The lowest BCUT2D eigenvalue weighted by Crippen LogP contribution is -2.69. The van der Waals surface area contributed by atoms with Crippen LogP contribution in [0.1, 0.15) is 69.2 Å². The third-order valence-electron chi connectivity index (χ3n) is 9.49. The summed E-state index contributed by atoms with van der Waals surface area (Å²) in [6.07, 6.45) is 0. The average molecular weight is 453 g/mol. The smallest absolute Gasteiger partial charge is 0.310 e. The van der Waals surface area contributed by atoms with Crippen molar-refractivity contribution < 1.29 is 20.6 Å². The van der Waals surface area contributed by atoms with Crippen molar-refractivity contribution in [2.45, 2.75) is 74.3 Å². The van der Waals surface area contributed by atoms with E-state index < -0.39 is 49.3 Å². The Bertz CT molecular complexity index is 503. The molecule has 0 N–H and O–H groups in total. The summed E-state index contributed by atoms with van der Waals surface area (Å²) in [7, 11) is -5.83. The number of hydrogen-bond donors (Lipinski definition) is 0. The second-order valence-electron chi connectivity index (χ2n) is 10.4. The molecule has 26 heavy (non-hydrogen) atoms. The van der Waals surface area contributed by atoms with E-state index in [4.69, 9.17) is 20.6 Å². The lowest BCUT2D eigenvalue weighted by atomic mass is 9.36. The van der Waals surface area contributed by atoms with Gasteiger partial charge in [0.1, 0.15) is 0 Å². The van der Waals surface area contributed by atoms with Crippen LogP contribution in [-0.4, -0.2) is 49.3 Å². The first-order valence-corrected chi connectivity index (χ1v) is 15.9. The van der Waals surface area contributed by atoms with Gasteiger partial charge in [0.15, 0.2) is 0 Å². The molecule has 2 unspecified atom stereocenters. The molecule has 1 aliphatic heterocycles. The third kappa shape index (κ3) is 3.17. The van der Waals surface area contributed by atoms with E-state index >= 15 is 0 Å². The van der Waals surface area contributed by atoms with E-state index in [1.807, 2.05) is 0 Å². The van der Waals surface area contributed by atoms with Gasteiger partial charge < -0.3 is 20.6 Å². The molecule has 0 aromatic rings. The molecule has 2 fully saturated rings. The Labute approximate surface area is 171 Å². The van der Waals surface area contributed by atoms with Crippen molar-refractivity contribution in [2.24, 2.45) is 27.6 Å². The molecule has 1 saturated carbocycles. The Hall–Kier alpha value is 0.884. The zero-order valence-corrected chi connectivity index (χ0v) is 25.3. The van der Waals surface area contributed by atoms with Gasteiger partial charge in [0.2, 0.25) is 0 Å². The Balaban J connectivity index is 2.51. The average Bonchev–Trinajstić information content (AvgIpc) is 2.56. The van der Waals surface area contributed by atoms with Gasteiger partial charge in [-0.15, -0.1) is 0 Å². The predicted octanol–water partition coefficient (Wildman–Crippen LogP) is 0.814. The molecule has 1 aliphatic carbocycles. The maximum absolute atomic E-state index is 6.48. The molecule has 154 valence electrons. The maximum Gasteiger partial charge on any atom is 0.310 e. The van der Waals surface area contributed by atoms with Crippen LogP contribution in [0.15, 0.2) is 0 Å². The largest absolute Gasteiger partial charge is 0.425 e. The zero-order valence-electron chi connectivity index (χ0n) is 18.5. The number of rotatable bonds is 1. The first-order valence-electron chi connectivity index (χ1n) is 9.72. The van der Waals surface area contributed by atoms with E-state index in [1.54, 1.807) is 0 Å². The van der Waals surface area contributed by atoms with Crippen molar-refractivity contribution >= 4 is 49.3 Å². The van der Waals surface area contributed by atoms with Crippen molar-refractivity contribution in [3.63, 3.8) is 0 Å². The summed E-state index contributed by atoms with van der Waals surface area (Å²) in [4.78, 5) is 0. The second kappa shape index (κ2) is 7.61.